The molecule has 8 atom stereocenters. The Hall–Kier alpha value is -1.71. The fourth-order valence-corrected chi connectivity index (χ4v) is 6.40. The monoisotopic (exact) mass is 474 g/mol. The minimum Gasteiger partial charge on any atom is -0.350 e. The molecular weight excluding hydrogens is 436 g/mol. The first-order chi connectivity index (χ1) is 16.3. The second-order valence-electron chi connectivity index (χ2n) is 10.6. The number of rotatable bonds is 6. The van der Waals surface area contributed by atoms with Crippen molar-refractivity contribution in [3.8, 4) is 0 Å². The summed E-state index contributed by atoms with van der Waals surface area (Å²) in [6, 6.07) is 7.60. The van der Waals surface area contributed by atoms with E-state index in [4.69, 9.17) is 24.0 Å². The van der Waals surface area contributed by atoms with E-state index in [1.807, 2.05) is 31.2 Å². The maximum Gasteiger partial charge on any atom is 0.319 e. The summed E-state index contributed by atoms with van der Waals surface area (Å²) >= 11 is 0. The highest BCUT2D eigenvalue weighted by molar-refractivity contribution is 5.89. The molecule has 1 aromatic rings. The van der Waals surface area contributed by atoms with Gasteiger partial charge in [-0.05, 0) is 62.1 Å². The molecule has 1 saturated carbocycles. The van der Waals surface area contributed by atoms with Gasteiger partial charge in [-0.25, -0.2) is 14.6 Å². The van der Waals surface area contributed by atoms with Gasteiger partial charge in [0, 0.05) is 30.5 Å². The number of hydrogen-bond donors (Lipinski definition) is 2. The highest BCUT2D eigenvalue weighted by atomic mass is 17.3. The molecule has 188 valence electrons. The number of fused-ring (bicyclic) bond motifs is 2. The van der Waals surface area contributed by atoms with Gasteiger partial charge < -0.3 is 24.8 Å². The van der Waals surface area contributed by atoms with E-state index >= 15 is 0 Å². The largest absolute Gasteiger partial charge is 0.350 e. The third-order valence-corrected chi connectivity index (χ3v) is 8.39. The predicted octanol–water partition coefficient (Wildman–Crippen LogP) is 4.60. The SMILES string of the molecule is CCc1ccc(NC(=O)NCCO[C@@H]2O[C@@H]3O[C@]4(C)CC[C@H]5[C@H](C)CC[C@@H]([C@H]2C)[C@@]35OO4)cc1. The van der Waals surface area contributed by atoms with E-state index < -0.39 is 24.0 Å². The van der Waals surface area contributed by atoms with Crippen LogP contribution in [0.5, 0.6) is 0 Å². The summed E-state index contributed by atoms with van der Waals surface area (Å²) in [7, 11) is 0. The second kappa shape index (κ2) is 9.39. The third-order valence-electron chi connectivity index (χ3n) is 8.39. The molecule has 0 aromatic heterocycles. The van der Waals surface area contributed by atoms with Crippen LogP contribution in [0, 0.1) is 23.7 Å². The standard InChI is InChI=1S/C26H38N2O6/c1-5-18-7-9-19(10-8-18)28-24(29)27-14-15-30-22-17(3)21-11-6-16(2)20-12-13-25(4)32-23(31-22)26(20,21)34-33-25/h7-10,16-17,20-23H,5-6,11-15H2,1-4H3,(H2,27,28,29)/t16-,17-,20+,21+,22-,23-,25+,26-/m1/s1. The fraction of sp³-hybridized carbons (Fsp3) is 0.731. The van der Waals surface area contributed by atoms with Crippen LogP contribution in [0.1, 0.15) is 58.9 Å². The van der Waals surface area contributed by atoms with E-state index in [1.165, 1.54) is 5.56 Å². The van der Waals surface area contributed by atoms with E-state index in [2.05, 4.69) is 31.4 Å². The summed E-state index contributed by atoms with van der Waals surface area (Å²) in [5, 5.41) is 5.71. The number of nitrogens with one attached hydrogen (secondary N) is 2. The lowest BCUT2D eigenvalue weighted by atomic mass is 9.58. The van der Waals surface area contributed by atoms with E-state index in [-0.39, 0.29) is 17.9 Å². The van der Waals surface area contributed by atoms with Gasteiger partial charge in [0.15, 0.2) is 18.2 Å². The van der Waals surface area contributed by atoms with Gasteiger partial charge in [-0.1, -0.05) is 32.9 Å². The number of benzene rings is 1. The van der Waals surface area contributed by atoms with Crippen LogP contribution in [-0.2, 0) is 30.4 Å². The molecule has 0 unspecified atom stereocenters. The Kier molecular flexibility index (Phi) is 6.63. The molecule has 8 nitrogen and oxygen atoms in total. The average Bonchev–Trinajstić information content (AvgIpc) is 3.06. The van der Waals surface area contributed by atoms with Crippen molar-refractivity contribution in [2.75, 3.05) is 18.5 Å². The Morgan fingerprint density at radius 1 is 1.12 bits per heavy atom. The average molecular weight is 475 g/mol. The molecule has 0 radical (unpaired) electrons. The molecule has 2 amide bonds. The lowest BCUT2D eigenvalue weighted by molar-refractivity contribution is -0.577. The molecule has 2 bridgehead atoms. The molecular formula is C26H38N2O6. The number of aryl methyl sites for hydroxylation is 1. The normalized spacial score (nSPS) is 40.8. The van der Waals surface area contributed by atoms with Crippen molar-refractivity contribution in [2.45, 2.75) is 83.8 Å². The van der Waals surface area contributed by atoms with Gasteiger partial charge in [0.25, 0.3) is 0 Å². The molecule has 5 fully saturated rings. The molecule has 5 aliphatic rings. The molecule has 4 heterocycles. The van der Waals surface area contributed by atoms with Crippen LogP contribution in [0.15, 0.2) is 24.3 Å². The molecule has 2 N–H and O–H groups in total. The van der Waals surface area contributed by atoms with E-state index in [9.17, 15) is 4.79 Å². The molecule has 4 aliphatic heterocycles. The summed E-state index contributed by atoms with van der Waals surface area (Å²) in [5.74, 6) is 0.410. The highest BCUT2D eigenvalue weighted by Crippen LogP contribution is 2.60. The molecule has 6 rings (SSSR count). The first-order valence-corrected chi connectivity index (χ1v) is 12.8. The van der Waals surface area contributed by atoms with Crippen molar-refractivity contribution < 1.29 is 28.8 Å². The molecule has 4 saturated heterocycles. The summed E-state index contributed by atoms with van der Waals surface area (Å²) < 4.78 is 18.9. The summed E-state index contributed by atoms with van der Waals surface area (Å²) in [6.45, 7) is 9.22. The van der Waals surface area contributed by atoms with Crippen molar-refractivity contribution >= 4 is 11.7 Å². The van der Waals surface area contributed by atoms with Crippen molar-refractivity contribution in [2.24, 2.45) is 23.7 Å². The first-order valence-electron chi connectivity index (χ1n) is 12.8. The summed E-state index contributed by atoms with van der Waals surface area (Å²) in [6.07, 6.45) is 4.00. The van der Waals surface area contributed by atoms with E-state index in [0.29, 0.717) is 25.0 Å². The fourth-order valence-electron chi connectivity index (χ4n) is 6.40. The highest BCUT2D eigenvalue weighted by Gasteiger charge is 2.69. The zero-order valence-corrected chi connectivity index (χ0v) is 20.7. The van der Waals surface area contributed by atoms with Crippen LogP contribution in [0.4, 0.5) is 10.5 Å². The van der Waals surface area contributed by atoms with Crippen molar-refractivity contribution in [3.05, 3.63) is 29.8 Å². The quantitative estimate of drug-likeness (QED) is 0.463. The topological polar surface area (TPSA) is 87.3 Å². The molecule has 1 aromatic carbocycles. The molecule has 1 aliphatic carbocycles. The van der Waals surface area contributed by atoms with Gasteiger partial charge in [0.05, 0.1) is 6.61 Å². The number of carbonyl (C=O) groups is 1. The maximum atomic E-state index is 12.2. The number of ether oxygens (including phenoxy) is 3. The maximum absolute atomic E-state index is 12.2. The smallest absolute Gasteiger partial charge is 0.319 e. The second-order valence-corrected chi connectivity index (χ2v) is 10.6. The van der Waals surface area contributed by atoms with Gasteiger partial charge >= 0.3 is 6.03 Å². The van der Waals surface area contributed by atoms with Crippen molar-refractivity contribution in [3.63, 3.8) is 0 Å². The van der Waals surface area contributed by atoms with Crippen LogP contribution in [0.3, 0.4) is 0 Å². The molecule has 34 heavy (non-hydrogen) atoms. The van der Waals surface area contributed by atoms with Crippen LogP contribution in [-0.4, -0.2) is 43.2 Å². The van der Waals surface area contributed by atoms with Crippen LogP contribution in [0.2, 0.25) is 0 Å². The van der Waals surface area contributed by atoms with Crippen molar-refractivity contribution in [1.82, 2.24) is 5.32 Å². The van der Waals surface area contributed by atoms with Gasteiger partial charge in [-0.3, -0.25) is 0 Å². The zero-order chi connectivity index (χ0) is 23.9. The lowest BCUT2D eigenvalue weighted by Crippen LogP contribution is -2.70. The zero-order valence-electron chi connectivity index (χ0n) is 20.7. The minimum absolute atomic E-state index is 0.117. The predicted molar refractivity (Wildman–Crippen MR) is 126 cm³/mol. The number of carbonyl (C=O) groups excluding carboxylic acids is 1. The van der Waals surface area contributed by atoms with Gasteiger partial charge in [0.2, 0.25) is 5.79 Å². The Balaban J connectivity index is 1.17. The molecule has 8 heteroatoms. The van der Waals surface area contributed by atoms with Crippen LogP contribution < -0.4 is 10.6 Å². The number of urea groups is 1. The van der Waals surface area contributed by atoms with Crippen molar-refractivity contribution in [1.29, 1.82) is 0 Å². The number of amides is 2. The summed E-state index contributed by atoms with van der Waals surface area (Å²) in [4.78, 5) is 24.3. The molecule has 1 spiro atoms. The Morgan fingerprint density at radius 3 is 2.68 bits per heavy atom. The van der Waals surface area contributed by atoms with Gasteiger partial charge in [0.1, 0.15) is 0 Å². The minimum atomic E-state index is -0.794. The Labute approximate surface area is 201 Å². The first kappa shape index (κ1) is 24.0. The van der Waals surface area contributed by atoms with E-state index in [0.717, 1.165) is 37.8 Å². The third kappa shape index (κ3) is 4.24. The summed E-state index contributed by atoms with van der Waals surface area (Å²) in [5.41, 5.74) is 1.42. The van der Waals surface area contributed by atoms with E-state index in [1.54, 1.807) is 0 Å². The van der Waals surface area contributed by atoms with Gasteiger partial charge in [-0.2, -0.15) is 0 Å². The Morgan fingerprint density at radius 2 is 1.91 bits per heavy atom. The van der Waals surface area contributed by atoms with Crippen LogP contribution >= 0.6 is 0 Å². The van der Waals surface area contributed by atoms with Gasteiger partial charge in [-0.15, -0.1) is 0 Å². The van der Waals surface area contributed by atoms with Crippen LogP contribution in [0.25, 0.3) is 0 Å². The lowest BCUT2D eigenvalue weighted by Gasteiger charge is -2.60. The number of anilines is 1. The Bertz CT molecular complexity index is 881. The number of hydrogen-bond acceptors (Lipinski definition) is 6.